The van der Waals surface area contributed by atoms with E-state index in [0.717, 1.165) is 0 Å². The monoisotopic (exact) mass is 349 g/mol. The molecule has 0 saturated carbocycles. The van der Waals surface area contributed by atoms with E-state index >= 15 is 0 Å². The minimum absolute atomic E-state index is 0.0819. The number of aliphatic hydroxyl groups is 1. The van der Waals surface area contributed by atoms with Gasteiger partial charge in [-0.2, -0.15) is 13.2 Å². The van der Waals surface area contributed by atoms with E-state index in [2.05, 4.69) is 0 Å². The molecule has 8 heteroatoms. The maximum Gasteiger partial charge on any atom is 0.417 e. The van der Waals surface area contributed by atoms with E-state index in [-0.39, 0.29) is 25.3 Å². The van der Waals surface area contributed by atoms with E-state index in [0.29, 0.717) is 0 Å². The number of nitrogens with zero attached hydrogens (tertiary/aromatic N) is 1. The van der Waals surface area contributed by atoms with Crippen LogP contribution < -0.4 is 4.74 Å². The summed E-state index contributed by atoms with van der Waals surface area (Å²) in [5.74, 6) is -1.21. The lowest BCUT2D eigenvalue weighted by Gasteiger charge is -2.40. The third kappa shape index (κ3) is 3.80. The van der Waals surface area contributed by atoms with Crippen LogP contribution >= 0.6 is 0 Å². The zero-order valence-corrected chi connectivity index (χ0v) is 13.1. The molecule has 24 heavy (non-hydrogen) atoms. The van der Waals surface area contributed by atoms with E-state index in [1.807, 2.05) is 0 Å². The first-order chi connectivity index (χ1) is 11.2. The lowest BCUT2D eigenvalue weighted by molar-refractivity contribution is -0.272. The van der Waals surface area contributed by atoms with Crippen LogP contribution in [0.15, 0.2) is 24.3 Å². The first kappa shape index (κ1) is 18.5. The summed E-state index contributed by atoms with van der Waals surface area (Å²) in [5, 5.41) is 9.63. The standard InChI is InChI=1S/C16H19F4NO3/c1-2-12(24-13-6-4-3-5-11(13)17)14(22)21-9-7-15(23,8-10-21)16(18,19)20/h3-6,12,23H,2,7-10H2,1H3. The molecule has 1 aliphatic rings. The minimum Gasteiger partial charge on any atom is -0.478 e. The molecule has 1 heterocycles. The summed E-state index contributed by atoms with van der Waals surface area (Å²) < 4.78 is 57.4. The summed E-state index contributed by atoms with van der Waals surface area (Å²) in [4.78, 5) is 13.6. The highest BCUT2D eigenvalue weighted by atomic mass is 19.4. The van der Waals surface area contributed by atoms with Crippen molar-refractivity contribution in [3.05, 3.63) is 30.1 Å². The predicted molar refractivity (Wildman–Crippen MR) is 77.9 cm³/mol. The van der Waals surface area contributed by atoms with Crippen LogP contribution in [0.25, 0.3) is 0 Å². The first-order valence-electron chi connectivity index (χ1n) is 7.67. The van der Waals surface area contributed by atoms with E-state index in [4.69, 9.17) is 4.74 Å². The molecule has 1 aromatic rings. The van der Waals surface area contributed by atoms with E-state index in [1.165, 1.54) is 23.1 Å². The normalized spacial score (nSPS) is 19.0. The van der Waals surface area contributed by atoms with Crippen LogP contribution in [-0.4, -0.2) is 46.9 Å². The molecule has 1 aliphatic heterocycles. The van der Waals surface area contributed by atoms with E-state index in [1.54, 1.807) is 13.0 Å². The average molecular weight is 349 g/mol. The number of likely N-dealkylation sites (tertiary alicyclic amines) is 1. The van der Waals surface area contributed by atoms with Gasteiger partial charge in [0.1, 0.15) is 0 Å². The van der Waals surface area contributed by atoms with Gasteiger partial charge in [-0.1, -0.05) is 19.1 Å². The van der Waals surface area contributed by atoms with Gasteiger partial charge in [-0.05, 0) is 18.6 Å². The molecule has 4 nitrogen and oxygen atoms in total. The predicted octanol–water partition coefficient (Wildman–Crippen LogP) is 2.90. The number of amides is 1. The molecule has 0 spiro atoms. The largest absolute Gasteiger partial charge is 0.478 e. The Labute approximate surface area is 137 Å². The molecule has 0 radical (unpaired) electrons. The van der Waals surface area contributed by atoms with Crippen molar-refractivity contribution < 1.29 is 32.2 Å². The second-order valence-corrected chi connectivity index (χ2v) is 5.80. The van der Waals surface area contributed by atoms with Crippen LogP contribution in [-0.2, 0) is 4.79 Å². The number of hydrogen-bond acceptors (Lipinski definition) is 3. The number of para-hydroxylation sites is 1. The van der Waals surface area contributed by atoms with Crippen molar-refractivity contribution in [3.63, 3.8) is 0 Å². The van der Waals surface area contributed by atoms with Crippen LogP contribution in [0, 0.1) is 5.82 Å². The van der Waals surface area contributed by atoms with Crippen molar-refractivity contribution >= 4 is 5.91 Å². The Morgan fingerprint density at radius 3 is 2.42 bits per heavy atom. The molecule has 0 aromatic heterocycles. The third-order valence-electron chi connectivity index (χ3n) is 4.18. The highest BCUT2D eigenvalue weighted by Crippen LogP contribution is 2.38. The van der Waals surface area contributed by atoms with Gasteiger partial charge in [-0.15, -0.1) is 0 Å². The average Bonchev–Trinajstić information content (AvgIpc) is 2.53. The lowest BCUT2D eigenvalue weighted by Crippen LogP contribution is -2.56. The van der Waals surface area contributed by atoms with Crippen molar-refractivity contribution in [2.45, 2.75) is 44.1 Å². The molecule has 1 N–H and O–H groups in total. The fourth-order valence-electron chi connectivity index (χ4n) is 2.59. The summed E-state index contributed by atoms with van der Waals surface area (Å²) in [6, 6.07) is 5.61. The third-order valence-corrected chi connectivity index (χ3v) is 4.18. The zero-order valence-electron chi connectivity index (χ0n) is 13.1. The van der Waals surface area contributed by atoms with E-state index in [9.17, 15) is 27.5 Å². The fraction of sp³-hybridized carbons (Fsp3) is 0.562. The molecular formula is C16H19F4NO3. The SMILES string of the molecule is CCC(Oc1ccccc1F)C(=O)N1CCC(O)(C(F)(F)F)CC1. The summed E-state index contributed by atoms with van der Waals surface area (Å²) >= 11 is 0. The number of ether oxygens (including phenoxy) is 1. The van der Waals surface area contributed by atoms with Crippen LogP contribution in [0.3, 0.4) is 0 Å². The van der Waals surface area contributed by atoms with Crippen molar-refractivity contribution in [3.8, 4) is 5.75 Å². The van der Waals surface area contributed by atoms with Crippen molar-refractivity contribution in [1.29, 1.82) is 0 Å². The maximum atomic E-state index is 13.6. The zero-order chi connectivity index (χ0) is 18.0. The number of carbonyl (C=O) groups excluding carboxylic acids is 1. The molecule has 134 valence electrons. The van der Waals surface area contributed by atoms with Gasteiger partial charge in [-0.25, -0.2) is 4.39 Å². The molecule has 1 atom stereocenters. The summed E-state index contributed by atoms with van der Waals surface area (Å²) in [7, 11) is 0. The highest BCUT2D eigenvalue weighted by molar-refractivity contribution is 5.81. The summed E-state index contributed by atoms with van der Waals surface area (Å²) in [5.41, 5.74) is -2.77. The lowest BCUT2D eigenvalue weighted by atomic mass is 9.90. The minimum atomic E-state index is -4.73. The first-order valence-corrected chi connectivity index (χ1v) is 7.67. The van der Waals surface area contributed by atoms with Crippen molar-refractivity contribution in [2.24, 2.45) is 0 Å². The van der Waals surface area contributed by atoms with Crippen LogP contribution in [0.5, 0.6) is 5.75 Å². The Morgan fingerprint density at radius 2 is 1.92 bits per heavy atom. The highest BCUT2D eigenvalue weighted by Gasteiger charge is 2.55. The molecule has 1 fully saturated rings. The van der Waals surface area contributed by atoms with Crippen LogP contribution in [0.2, 0.25) is 0 Å². The number of piperidine rings is 1. The van der Waals surface area contributed by atoms with Gasteiger partial charge in [0.2, 0.25) is 0 Å². The quantitative estimate of drug-likeness (QED) is 0.851. The molecule has 1 aromatic carbocycles. The molecule has 1 unspecified atom stereocenters. The molecular weight excluding hydrogens is 330 g/mol. The summed E-state index contributed by atoms with van der Waals surface area (Å²) in [6.07, 6.45) is -6.64. The topological polar surface area (TPSA) is 49.8 Å². The Bertz CT molecular complexity index is 583. The Balaban J connectivity index is 2.02. The van der Waals surface area contributed by atoms with Crippen LogP contribution in [0.4, 0.5) is 17.6 Å². The second-order valence-electron chi connectivity index (χ2n) is 5.80. The number of carbonyl (C=O) groups is 1. The summed E-state index contributed by atoms with van der Waals surface area (Å²) in [6.45, 7) is 1.21. The Morgan fingerprint density at radius 1 is 1.33 bits per heavy atom. The smallest absolute Gasteiger partial charge is 0.417 e. The number of alkyl halides is 3. The van der Waals surface area contributed by atoms with Gasteiger partial charge in [0.25, 0.3) is 5.91 Å². The number of hydrogen-bond donors (Lipinski definition) is 1. The molecule has 1 amide bonds. The van der Waals surface area contributed by atoms with Gasteiger partial charge < -0.3 is 14.7 Å². The fourth-order valence-corrected chi connectivity index (χ4v) is 2.59. The van der Waals surface area contributed by atoms with Crippen molar-refractivity contribution in [2.75, 3.05) is 13.1 Å². The number of benzene rings is 1. The molecule has 2 rings (SSSR count). The van der Waals surface area contributed by atoms with Gasteiger partial charge in [0.05, 0.1) is 0 Å². The van der Waals surface area contributed by atoms with E-state index < -0.39 is 42.4 Å². The van der Waals surface area contributed by atoms with Gasteiger partial charge in [0.15, 0.2) is 23.3 Å². The van der Waals surface area contributed by atoms with Crippen molar-refractivity contribution in [1.82, 2.24) is 4.90 Å². The molecule has 0 aliphatic carbocycles. The van der Waals surface area contributed by atoms with Gasteiger partial charge in [0, 0.05) is 25.9 Å². The maximum absolute atomic E-state index is 13.6. The molecule has 1 saturated heterocycles. The van der Waals surface area contributed by atoms with Gasteiger partial charge in [-0.3, -0.25) is 4.79 Å². The second kappa shape index (κ2) is 6.96. The van der Waals surface area contributed by atoms with Crippen LogP contribution in [0.1, 0.15) is 26.2 Å². The Kier molecular flexibility index (Phi) is 5.37. The number of rotatable bonds is 4. The van der Waals surface area contributed by atoms with Gasteiger partial charge >= 0.3 is 6.18 Å². The molecule has 0 bridgehead atoms. The Hall–Kier alpha value is -1.83. The number of halogens is 4.